The molecular formula is C45H65BO2. The van der Waals surface area contributed by atoms with Gasteiger partial charge in [-0.1, -0.05) is 99.8 Å². The van der Waals surface area contributed by atoms with Crippen LogP contribution < -0.4 is 0 Å². The van der Waals surface area contributed by atoms with Crippen LogP contribution in [0.2, 0.25) is 6.32 Å². The second-order valence-electron chi connectivity index (χ2n) is 14.7. The van der Waals surface area contributed by atoms with Crippen LogP contribution in [-0.4, -0.2) is 18.2 Å². The van der Waals surface area contributed by atoms with Gasteiger partial charge in [0.15, 0.2) is 5.78 Å². The average molecular weight is 649 g/mol. The number of rotatable bonds is 20. The smallest absolute Gasteiger partial charge is 0.270 e. The highest BCUT2D eigenvalue weighted by molar-refractivity contribution is 7.02. The van der Waals surface area contributed by atoms with Crippen molar-refractivity contribution in [2.24, 2.45) is 0 Å². The van der Waals surface area contributed by atoms with Crippen molar-refractivity contribution in [2.75, 3.05) is 0 Å². The van der Waals surface area contributed by atoms with Gasteiger partial charge in [0.2, 0.25) is 0 Å². The molecule has 0 spiro atoms. The molecule has 2 heterocycles. The zero-order valence-corrected chi connectivity index (χ0v) is 32.1. The van der Waals surface area contributed by atoms with E-state index in [2.05, 4.69) is 97.9 Å². The van der Waals surface area contributed by atoms with Crippen LogP contribution in [-0.2, 0) is 9.59 Å². The molecule has 0 aliphatic carbocycles. The standard InChI is InChI=1S/C45H65BO2/c1-34(2)18-12-19-35(3)20-13-21-36(4)22-14-23-37(5)24-15-25-38(6)26-16-27-39(7)28-17-29-40(8)31-32-42-41(9)44(47)43-30-10-11-33-46(43)45(42)48/h10-11,18,20,22,24,26,28,30-31H,12-17,19,21,23,25,27,29,32-33H2,1-9H3/b35-20+,36-22+,37-24+,38-26+,39-28+,40-31+. The van der Waals surface area contributed by atoms with Gasteiger partial charge in [0.25, 0.3) is 6.71 Å². The van der Waals surface area contributed by atoms with Crippen LogP contribution in [0.1, 0.15) is 146 Å². The normalized spacial score (nSPS) is 16.9. The maximum Gasteiger partial charge on any atom is 0.270 e. The number of carbonyl (C=O) groups is 2. The van der Waals surface area contributed by atoms with E-state index in [0.29, 0.717) is 29.4 Å². The highest BCUT2D eigenvalue weighted by Crippen LogP contribution is 2.30. The summed E-state index contributed by atoms with van der Waals surface area (Å²) in [7, 11) is 0. The molecule has 2 aliphatic rings. The fourth-order valence-electron chi connectivity index (χ4n) is 6.32. The van der Waals surface area contributed by atoms with Crippen LogP contribution >= 0.6 is 0 Å². The van der Waals surface area contributed by atoms with E-state index in [-0.39, 0.29) is 18.2 Å². The Morgan fingerprint density at radius 1 is 0.583 bits per heavy atom. The fraction of sp³-hybridized carbons (Fsp3) is 0.511. The summed E-state index contributed by atoms with van der Waals surface area (Å²) in [6.45, 7) is 19.3. The van der Waals surface area contributed by atoms with Crippen molar-refractivity contribution >= 4 is 18.2 Å². The van der Waals surface area contributed by atoms with Gasteiger partial charge in [-0.3, -0.25) is 4.79 Å². The van der Waals surface area contributed by atoms with E-state index in [1.807, 2.05) is 25.2 Å². The van der Waals surface area contributed by atoms with E-state index in [9.17, 15) is 9.59 Å². The van der Waals surface area contributed by atoms with Crippen molar-refractivity contribution in [3.8, 4) is 0 Å². The molecule has 0 saturated heterocycles. The Bertz CT molecular complexity index is 1420. The summed E-state index contributed by atoms with van der Waals surface area (Å²) in [4.78, 5) is 25.8. The minimum atomic E-state index is -0.281. The van der Waals surface area contributed by atoms with Gasteiger partial charge in [0, 0.05) is 5.57 Å². The predicted octanol–water partition coefficient (Wildman–Crippen LogP) is 13.2. The Hall–Kier alpha value is -3.20. The fourth-order valence-corrected chi connectivity index (χ4v) is 6.32. The van der Waals surface area contributed by atoms with Gasteiger partial charge in [-0.05, 0) is 163 Å². The van der Waals surface area contributed by atoms with E-state index in [4.69, 9.17) is 0 Å². The number of hydrogen-bond donors (Lipinski definition) is 0. The lowest BCUT2D eigenvalue weighted by Gasteiger charge is -2.24. The van der Waals surface area contributed by atoms with Gasteiger partial charge < -0.3 is 4.79 Å². The van der Waals surface area contributed by atoms with Crippen LogP contribution in [0.25, 0.3) is 0 Å². The quantitative estimate of drug-likeness (QED) is 0.0972. The molecule has 0 aromatic carbocycles. The minimum absolute atomic E-state index is 0.0455. The third-order valence-corrected chi connectivity index (χ3v) is 9.73. The van der Waals surface area contributed by atoms with Crippen molar-refractivity contribution in [3.05, 3.63) is 116 Å². The number of ketones is 1. The molecule has 0 N–H and O–H groups in total. The Morgan fingerprint density at radius 2 is 0.958 bits per heavy atom. The molecule has 2 rings (SSSR count). The lowest BCUT2D eigenvalue weighted by Crippen LogP contribution is -2.39. The van der Waals surface area contributed by atoms with Crippen LogP contribution in [0.5, 0.6) is 0 Å². The first-order valence-electron chi connectivity index (χ1n) is 18.6. The maximum absolute atomic E-state index is 13.1. The van der Waals surface area contributed by atoms with Crippen molar-refractivity contribution < 1.29 is 9.59 Å². The summed E-state index contributed by atoms with van der Waals surface area (Å²) in [5.41, 5.74) is 12.3. The highest BCUT2D eigenvalue weighted by Gasteiger charge is 2.39. The van der Waals surface area contributed by atoms with Crippen LogP contribution in [0.4, 0.5) is 0 Å². The summed E-state index contributed by atoms with van der Waals surface area (Å²) in [6, 6.07) is 0. The highest BCUT2D eigenvalue weighted by atomic mass is 16.1. The minimum Gasteiger partial charge on any atom is -0.306 e. The summed E-state index contributed by atoms with van der Waals surface area (Å²) in [6.07, 6.45) is 36.8. The zero-order valence-electron chi connectivity index (χ0n) is 32.1. The summed E-state index contributed by atoms with van der Waals surface area (Å²) < 4.78 is 0. The summed E-state index contributed by atoms with van der Waals surface area (Å²) in [5.74, 6) is 0.0455. The van der Waals surface area contributed by atoms with Crippen LogP contribution in [0.3, 0.4) is 0 Å². The van der Waals surface area contributed by atoms with Crippen molar-refractivity contribution in [2.45, 2.75) is 152 Å². The molecule has 48 heavy (non-hydrogen) atoms. The molecule has 3 heteroatoms. The van der Waals surface area contributed by atoms with Gasteiger partial charge in [-0.25, -0.2) is 0 Å². The summed E-state index contributed by atoms with van der Waals surface area (Å²) in [5, 5.41) is 0. The monoisotopic (exact) mass is 649 g/mol. The molecule has 0 fully saturated rings. The van der Waals surface area contributed by atoms with E-state index < -0.39 is 0 Å². The maximum atomic E-state index is 13.1. The molecule has 260 valence electrons. The molecule has 0 aromatic heterocycles. The summed E-state index contributed by atoms with van der Waals surface area (Å²) >= 11 is 0. The lowest BCUT2D eigenvalue weighted by atomic mass is 9.34. The van der Waals surface area contributed by atoms with Gasteiger partial charge in [-0.15, -0.1) is 0 Å². The number of hydrogen-bond acceptors (Lipinski definition) is 2. The van der Waals surface area contributed by atoms with Crippen molar-refractivity contribution in [3.63, 3.8) is 0 Å². The largest absolute Gasteiger partial charge is 0.306 e. The first-order valence-corrected chi connectivity index (χ1v) is 18.6. The number of carbonyl (C=O) groups excluding carboxylic acids is 2. The first kappa shape index (κ1) is 41.0. The molecular weight excluding hydrogens is 583 g/mol. The number of allylic oxidation sites excluding steroid dienone is 20. The molecule has 0 radical (unpaired) electrons. The molecule has 0 bridgehead atoms. The van der Waals surface area contributed by atoms with Crippen molar-refractivity contribution in [1.29, 1.82) is 0 Å². The molecule has 0 unspecified atom stereocenters. The second kappa shape index (κ2) is 22.4. The molecule has 2 nitrogen and oxygen atoms in total. The second-order valence-corrected chi connectivity index (χ2v) is 14.7. The third-order valence-electron chi connectivity index (χ3n) is 9.73. The van der Waals surface area contributed by atoms with Crippen LogP contribution in [0.15, 0.2) is 116 Å². The molecule has 0 aromatic rings. The Balaban J connectivity index is 1.65. The Morgan fingerprint density at radius 3 is 1.35 bits per heavy atom. The van der Waals surface area contributed by atoms with E-state index in [0.717, 1.165) is 64.2 Å². The number of fused-ring (bicyclic) bond motifs is 1. The predicted molar refractivity (Wildman–Crippen MR) is 212 cm³/mol. The SMILES string of the molecule is CC(C)=CCC/C(C)=C/CC/C(C)=C/CC/C(C)=C/CC/C(C)=C/CC/C(C)=C/CC/C(C)=C/CC1=C(C)C(=O)C2=CC=CCB2C1=O. The van der Waals surface area contributed by atoms with E-state index in [1.54, 1.807) is 0 Å². The third kappa shape index (κ3) is 15.8. The van der Waals surface area contributed by atoms with Gasteiger partial charge >= 0.3 is 0 Å². The lowest BCUT2D eigenvalue weighted by molar-refractivity contribution is -0.114. The van der Waals surface area contributed by atoms with E-state index in [1.165, 1.54) is 51.9 Å². The van der Waals surface area contributed by atoms with Gasteiger partial charge in [0.05, 0.1) is 0 Å². The first-order chi connectivity index (χ1) is 22.9. The van der Waals surface area contributed by atoms with Gasteiger partial charge in [-0.2, -0.15) is 0 Å². The Kier molecular flexibility index (Phi) is 19.2. The van der Waals surface area contributed by atoms with Crippen LogP contribution in [0, 0.1) is 0 Å². The molecule has 0 atom stereocenters. The molecule has 0 saturated carbocycles. The average Bonchev–Trinajstić information content (AvgIpc) is 3.03. The molecule has 2 aliphatic heterocycles. The zero-order chi connectivity index (χ0) is 35.5. The number of Topliss-reactive ketones (excluding diaryl/α,β-unsaturated/α-hetero) is 1. The Labute approximate surface area is 295 Å². The topological polar surface area (TPSA) is 34.1 Å². The molecule has 0 amide bonds. The van der Waals surface area contributed by atoms with E-state index >= 15 is 0 Å². The van der Waals surface area contributed by atoms with Crippen molar-refractivity contribution in [1.82, 2.24) is 0 Å². The van der Waals surface area contributed by atoms with Gasteiger partial charge in [0.1, 0.15) is 5.68 Å².